The molecule has 2 radical (unpaired) electrons. The van der Waals surface area contributed by atoms with E-state index >= 15 is 0 Å². The summed E-state index contributed by atoms with van der Waals surface area (Å²) in [6, 6.07) is 2.65. The molecule has 0 aromatic heterocycles. The zero-order valence-corrected chi connectivity index (χ0v) is 6.45. The SMILES string of the molecule is [B]c1ccc(Br)c(F)c1F. The van der Waals surface area contributed by atoms with E-state index in [1.165, 1.54) is 12.1 Å². The molecule has 50 valence electrons. The zero-order valence-electron chi connectivity index (χ0n) is 4.87. The maximum atomic E-state index is 12.5. The van der Waals surface area contributed by atoms with Gasteiger partial charge in [0.1, 0.15) is 7.85 Å². The van der Waals surface area contributed by atoms with Crippen molar-refractivity contribution in [2.45, 2.75) is 0 Å². The predicted molar refractivity (Wildman–Crippen MR) is 39.4 cm³/mol. The highest BCUT2D eigenvalue weighted by Gasteiger charge is 2.06. The van der Waals surface area contributed by atoms with Gasteiger partial charge in [0.05, 0.1) is 4.47 Å². The normalized spacial score (nSPS) is 9.90. The van der Waals surface area contributed by atoms with Gasteiger partial charge in [-0.15, -0.1) is 0 Å². The summed E-state index contributed by atoms with van der Waals surface area (Å²) in [7, 11) is 5.05. The summed E-state index contributed by atoms with van der Waals surface area (Å²) >= 11 is 2.81. The van der Waals surface area contributed by atoms with Crippen LogP contribution in [0, 0.1) is 11.6 Å². The summed E-state index contributed by atoms with van der Waals surface area (Å²) in [5, 5.41) is 0. The first-order chi connectivity index (χ1) is 4.63. The quantitative estimate of drug-likeness (QED) is 0.442. The highest BCUT2D eigenvalue weighted by molar-refractivity contribution is 9.10. The molecule has 4 heteroatoms. The van der Waals surface area contributed by atoms with Gasteiger partial charge in [-0.3, -0.25) is 0 Å². The maximum Gasteiger partial charge on any atom is 0.172 e. The minimum Gasteiger partial charge on any atom is -0.204 e. The number of hydrogen-bond donors (Lipinski definition) is 0. The van der Waals surface area contributed by atoms with E-state index < -0.39 is 11.6 Å². The first-order valence-corrected chi connectivity index (χ1v) is 3.31. The molecule has 10 heavy (non-hydrogen) atoms. The van der Waals surface area contributed by atoms with Crippen molar-refractivity contribution in [1.82, 2.24) is 0 Å². The fourth-order valence-electron chi connectivity index (χ4n) is 0.541. The molecule has 1 rings (SSSR count). The average Bonchev–Trinajstić information content (AvgIpc) is 1.93. The van der Waals surface area contributed by atoms with Crippen LogP contribution in [0.3, 0.4) is 0 Å². The highest BCUT2D eigenvalue weighted by atomic mass is 79.9. The van der Waals surface area contributed by atoms with Gasteiger partial charge in [0.15, 0.2) is 11.6 Å². The Morgan fingerprint density at radius 2 is 1.80 bits per heavy atom. The maximum absolute atomic E-state index is 12.5. The molecule has 0 amide bonds. The number of halogens is 3. The molecule has 0 saturated carbocycles. The second kappa shape index (κ2) is 2.70. The van der Waals surface area contributed by atoms with E-state index in [2.05, 4.69) is 15.9 Å². The Balaban J connectivity index is 3.34. The van der Waals surface area contributed by atoms with E-state index in [4.69, 9.17) is 7.85 Å². The van der Waals surface area contributed by atoms with Gasteiger partial charge in [-0.25, -0.2) is 8.78 Å². The van der Waals surface area contributed by atoms with Gasteiger partial charge in [-0.05, 0) is 22.0 Å². The molecule has 0 atom stereocenters. The van der Waals surface area contributed by atoms with E-state index in [0.717, 1.165) is 0 Å². The number of hydrogen-bond acceptors (Lipinski definition) is 0. The molecule has 0 N–H and O–H groups in total. The topological polar surface area (TPSA) is 0 Å². The molecule has 0 unspecified atom stereocenters. The van der Waals surface area contributed by atoms with Crippen molar-refractivity contribution in [3.8, 4) is 0 Å². The van der Waals surface area contributed by atoms with Gasteiger partial charge in [-0.1, -0.05) is 11.5 Å². The zero-order chi connectivity index (χ0) is 7.72. The van der Waals surface area contributed by atoms with Crippen molar-refractivity contribution >= 4 is 29.2 Å². The largest absolute Gasteiger partial charge is 0.204 e. The Morgan fingerprint density at radius 1 is 1.20 bits per heavy atom. The second-order valence-corrected chi connectivity index (χ2v) is 2.62. The molecular formula is C6H2BBrF2. The van der Waals surface area contributed by atoms with E-state index in [9.17, 15) is 8.78 Å². The smallest absolute Gasteiger partial charge is 0.172 e. The summed E-state index contributed by atoms with van der Waals surface area (Å²) in [6.45, 7) is 0. The van der Waals surface area contributed by atoms with Crippen LogP contribution in [0.2, 0.25) is 0 Å². The summed E-state index contributed by atoms with van der Waals surface area (Å²) in [5.74, 6) is -1.95. The van der Waals surface area contributed by atoms with Crippen LogP contribution in [0.15, 0.2) is 16.6 Å². The van der Waals surface area contributed by atoms with Crippen molar-refractivity contribution in [3.63, 3.8) is 0 Å². The lowest BCUT2D eigenvalue weighted by Gasteiger charge is -1.98. The van der Waals surface area contributed by atoms with E-state index in [1.807, 2.05) is 0 Å². The predicted octanol–water partition coefficient (Wildman–Crippen LogP) is 1.52. The highest BCUT2D eigenvalue weighted by Crippen LogP contribution is 2.15. The number of rotatable bonds is 0. The second-order valence-electron chi connectivity index (χ2n) is 1.76. The first kappa shape index (κ1) is 7.73. The van der Waals surface area contributed by atoms with Gasteiger partial charge in [0.2, 0.25) is 0 Å². The van der Waals surface area contributed by atoms with Gasteiger partial charge >= 0.3 is 0 Å². The van der Waals surface area contributed by atoms with Gasteiger partial charge in [0, 0.05) is 0 Å². The summed E-state index contributed by atoms with van der Waals surface area (Å²) in [6.07, 6.45) is 0. The third-order valence-corrected chi connectivity index (χ3v) is 1.68. The summed E-state index contributed by atoms with van der Waals surface area (Å²) in [5.41, 5.74) is -0.180. The van der Waals surface area contributed by atoms with Crippen molar-refractivity contribution in [2.24, 2.45) is 0 Å². The molecule has 0 aliphatic carbocycles. The van der Waals surface area contributed by atoms with Crippen LogP contribution in [0.5, 0.6) is 0 Å². The fraction of sp³-hybridized carbons (Fsp3) is 0. The Bertz CT molecular complexity index is 235. The van der Waals surface area contributed by atoms with Crippen LogP contribution in [0.1, 0.15) is 0 Å². The van der Waals surface area contributed by atoms with Gasteiger partial charge < -0.3 is 0 Å². The molecular weight excluding hydrogens is 201 g/mol. The molecule has 0 saturated heterocycles. The Kier molecular flexibility index (Phi) is 2.09. The molecule has 0 nitrogen and oxygen atoms in total. The monoisotopic (exact) mass is 202 g/mol. The molecule has 0 bridgehead atoms. The van der Waals surface area contributed by atoms with Crippen molar-refractivity contribution in [1.29, 1.82) is 0 Å². The Hall–Kier alpha value is -0.375. The molecule has 1 aromatic carbocycles. The van der Waals surface area contributed by atoms with Crippen LogP contribution < -0.4 is 5.46 Å². The standard InChI is InChI=1S/C6H2BBrF2/c7-3-1-2-4(8)6(10)5(3)9/h1-2H. The molecule has 0 heterocycles. The minimum absolute atomic E-state index is 0.0826. The lowest BCUT2D eigenvalue weighted by Crippen LogP contribution is -2.10. The Morgan fingerprint density at radius 3 is 2.30 bits per heavy atom. The van der Waals surface area contributed by atoms with Crippen molar-refractivity contribution in [3.05, 3.63) is 28.2 Å². The van der Waals surface area contributed by atoms with E-state index in [-0.39, 0.29) is 9.94 Å². The van der Waals surface area contributed by atoms with Crippen molar-refractivity contribution in [2.75, 3.05) is 0 Å². The van der Waals surface area contributed by atoms with Gasteiger partial charge in [0.25, 0.3) is 0 Å². The average molecular weight is 203 g/mol. The molecule has 0 aliphatic rings. The van der Waals surface area contributed by atoms with Crippen LogP contribution in [0.25, 0.3) is 0 Å². The first-order valence-electron chi connectivity index (χ1n) is 2.52. The van der Waals surface area contributed by atoms with Crippen LogP contribution in [0.4, 0.5) is 8.78 Å². The molecule has 0 fully saturated rings. The molecule has 0 aliphatic heterocycles. The summed E-state index contributed by atoms with van der Waals surface area (Å²) < 4.78 is 25.0. The van der Waals surface area contributed by atoms with Crippen LogP contribution in [-0.4, -0.2) is 7.85 Å². The Labute approximate surface area is 66.8 Å². The fourth-order valence-corrected chi connectivity index (χ4v) is 0.847. The lowest BCUT2D eigenvalue weighted by molar-refractivity contribution is 0.510. The molecule has 0 spiro atoms. The third-order valence-electron chi connectivity index (χ3n) is 1.07. The van der Waals surface area contributed by atoms with E-state index in [1.54, 1.807) is 0 Å². The van der Waals surface area contributed by atoms with Crippen LogP contribution in [-0.2, 0) is 0 Å². The molecule has 1 aromatic rings. The van der Waals surface area contributed by atoms with Crippen molar-refractivity contribution < 1.29 is 8.78 Å². The third kappa shape index (κ3) is 1.21. The van der Waals surface area contributed by atoms with Gasteiger partial charge in [-0.2, -0.15) is 0 Å². The van der Waals surface area contributed by atoms with E-state index in [0.29, 0.717) is 0 Å². The van der Waals surface area contributed by atoms with Crippen LogP contribution >= 0.6 is 15.9 Å². The lowest BCUT2D eigenvalue weighted by atomic mass is 9.96. The summed E-state index contributed by atoms with van der Waals surface area (Å²) in [4.78, 5) is 0. The minimum atomic E-state index is -1.01. The number of benzene rings is 1.